The quantitative estimate of drug-likeness (QED) is 0.233. The molecule has 0 saturated heterocycles. The second-order valence-corrected chi connectivity index (χ2v) is 10.6. The van der Waals surface area contributed by atoms with Gasteiger partial charge in [-0.15, -0.1) is 0 Å². The number of amides is 2. The molecule has 3 unspecified atom stereocenters. The van der Waals surface area contributed by atoms with E-state index < -0.39 is 86.7 Å². The van der Waals surface area contributed by atoms with Gasteiger partial charge in [0.2, 0.25) is 12.1 Å². The van der Waals surface area contributed by atoms with Gasteiger partial charge in [0.25, 0.3) is 18.2 Å². The van der Waals surface area contributed by atoms with Crippen molar-refractivity contribution in [3.8, 4) is 0 Å². The highest BCUT2D eigenvalue weighted by molar-refractivity contribution is 5.92. The number of imidazole rings is 1. The Hall–Kier alpha value is -3.72. The van der Waals surface area contributed by atoms with Crippen LogP contribution < -0.4 is 10.6 Å². The third-order valence-electron chi connectivity index (χ3n) is 7.42. The minimum atomic E-state index is -3.23. The van der Waals surface area contributed by atoms with Crippen LogP contribution in [-0.4, -0.2) is 69.1 Å². The van der Waals surface area contributed by atoms with Crippen LogP contribution in [-0.2, 0) is 11.3 Å². The van der Waals surface area contributed by atoms with Crippen LogP contribution in [0.2, 0.25) is 0 Å². The zero-order valence-corrected chi connectivity index (χ0v) is 22.9. The Balaban J connectivity index is 1.56. The standard InChI is InChI=1S/C27H30F8N6O2/c1-13(36-26(43)21(31)16(29)11-28)15-2-3-18-20(10-15)38-24(37-18)22(14-4-7-27(34,35)8-5-14)39-25(42)19-6-9-41(40-19)12-17(30)23(32)33/h2-3,6,9-10,13-14,16-17,21-23H,4-5,7-8,11-12H2,1H3,(H,36,43)(H,37,38)(H,39,42)/t13-,16?,17?,21?,22+/m1/s1. The molecule has 1 fully saturated rings. The summed E-state index contributed by atoms with van der Waals surface area (Å²) < 4.78 is 107. The molecule has 8 nitrogen and oxygen atoms in total. The van der Waals surface area contributed by atoms with E-state index in [1.165, 1.54) is 19.2 Å². The van der Waals surface area contributed by atoms with E-state index in [-0.39, 0.29) is 24.4 Å². The summed E-state index contributed by atoms with van der Waals surface area (Å²) in [7, 11) is 0. The monoisotopic (exact) mass is 622 g/mol. The Labute approximate surface area is 240 Å². The summed E-state index contributed by atoms with van der Waals surface area (Å²) in [5.41, 5.74) is 1.08. The molecule has 0 radical (unpaired) electrons. The van der Waals surface area contributed by atoms with Crippen LogP contribution in [0.5, 0.6) is 0 Å². The zero-order valence-electron chi connectivity index (χ0n) is 22.9. The number of hydrogen-bond acceptors (Lipinski definition) is 4. The van der Waals surface area contributed by atoms with E-state index >= 15 is 0 Å². The van der Waals surface area contributed by atoms with Gasteiger partial charge in [0, 0.05) is 19.0 Å². The lowest BCUT2D eigenvalue weighted by atomic mass is 9.81. The molecular weight excluding hydrogens is 592 g/mol. The summed E-state index contributed by atoms with van der Waals surface area (Å²) in [6, 6.07) is 4.19. The van der Waals surface area contributed by atoms with Gasteiger partial charge < -0.3 is 15.6 Å². The number of carbonyl (C=O) groups is 2. The third-order valence-corrected chi connectivity index (χ3v) is 7.42. The van der Waals surface area contributed by atoms with E-state index in [1.54, 1.807) is 18.2 Å². The summed E-state index contributed by atoms with van der Waals surface area (Å²) in [4.78, 5) is 32.6. The van der Waals surface area contributed by atoms with Gasteiger partial charge in [0.15, 0.2) is 12.3 Å². The molecule has 2 amide bonds. The van der Waals surface area contributed by atoms with Crippen LogP contribution in [0.15, 0.2) is 30.5 Å². The van der Waals surface area contributed by atoms with Crippen molar-refractivity contribution in [2.75, 3.05) is 6.67 Å². The van der Waals surface area contributed by atoms with Crippen LogP contribution in [0.4, 0.5) is 35.1 Å². The van der Waals surface area contributed by atoms with Crippen molar-refractivity contribution in [3.63, 3.8) is 0 Å². The maximum absolute atomic E-state index is 13.9. The molecule has 2 heterocycles. The maximum atomic E-state index is 13.9. The van der Waals surface area contributed by atoms with Crippen molar-refractivity contribution < 1.29 is 44.7 Å². The summed E-state index contributed by atoms with van der Waals surface area (Å²) in [5.74, 6) is -5.18. The van der Waals surface area contributed by atoms with Gasteiger partial charge in [-0.2, -0.15) is 5.10 Å². The molecular formula is C27H30F8N6O2. The lowest BCUT2D eigenvalue weighted by Crippen LogP contribution is -2.39. The summed E-state index contributed by atoms with van der Waals surface area (Å²) >= 11 is 0. The Bertz CT molecular complexity index is 1410. The molecule has 2 aromatic heterocycles. The normalized spacial score (nSPS) is 19.1. The number of carbonyl (C=O) groups excluding carboxylic acids is 2. The Morgan fingerprint density at radius 2 is 1.77 bits per heavy atom. The molecule has 1 saturated carbocycles. The number of benzene rings is 1. The first-order chi connectivity index (χ1) is 20.3. The molecule has 3 N–H and O–H groups in total. The van der Waals surface area contributed by atoms with E-state index in [1.807, 2.05) is 0 Å². The van der Waals surface area contributed by atoms with E-state index in [0.717, 1.165) is 4.68 Å². The Morgan fingerprint density at radius 1 is 1.07 bits per heavy atom. The van der Waals surface area contributed by atoms with Crippen LogP contribution in [0.1, 0.15) is 66.6 Å². The first-order valence-electron chi connectivity index (χ1n) is 13.6. The fraction of sp³-hybridized carbons (Fsp3) is 0.556. The third kappa shape index (κ3) is 7.82. The predicted octanol–water partition coefficient (Wildman–Crippen LogP) is 5.48. The molecule has 0 aliphatic heterocycles. The molecule has 4 rings (SSSR count). The van der Waals surface area contributed by atoms with E-state index in [0.29, 0.717) is 16.6 Å². The number of halogens is 8. The molecule has 236 valence electrons. The smallest absolute Gasteiger partial charge is 0.272 e. The second-order valence-electron chi connectivity index (χ2n) is 10.6. The highest BCUT2D eigenvalue weighted by atomic mass is 19.3. The molecule has 43 heavy (non-hydrogen) atoms. The number of nitrogens with zero attached hydrogens (tertiary/aromatic N) is 3. The topological polar surface area (TPSA) is 105 Å². The Kier molecular flexibility index (Phi) is 9.95. The number of hydrogen-bond donors (Lipinski definition) is 3. The van der Waals surface area contributed by atoms with Crippen molar-refractivity contribution in [2.24, 2.45) is 5.92 Å². The lowest BCUT2D eigenvalue weighted by Gasteiger charge is -2.33. The largest absolute Gasteiger partial charge is 0.347 e. The SMILES string of the molecule is C[C@@H](NC(=O)C(F)C(F)CF)c1ccc2nc([C@@H](NC(=O)c3ccn(CC(F)C(F)F)n3)C3CCC(F)(F)CC3)[nH]c2c1. The summed E-state index contributed by atoms with van der Waals surface area (Å²) in [5, 5.41) is 8.85. The number of fused-ring (bicyclic) bond motifs is 1. The number of alkyl halides is 8. The summed E-state index contributed by atoms with van der Waals surface area (Å²) in [6.45, 7) is -0.920. The van der Waals surface area contributed by atoms with E-state index in [4.69, 9.17) is 0 Å². The van der Waals surface area contributed by atoms with Crippen LogP contribution in [0.25, 0.3) is 11.0 Å². The van der Waals surface area contributed by atoms with Crippen molar-refractivity contribution in [1.82, 2.24) is 30.4 Å². The predicted molar refractivity (Wildman–Crippen MR) is 139 cm³/mol. The lowest BCUT2D eigenvalue weighted by molar-refractivity contribution is -0.129. The molecule has 1 aliphatic rings. The Morgan fingerprint density at radius 3 is 2.42 bits per heavy atom. The first kappa shape index (κ1) is 32.2. The number of nitrogens with one attached hydrogen (secondary N) is 3. The number of rotatable bonds is 12. The van der Waals surface area contributed by atoms with Gasteiger partial charge in [0.1, 0.15) is 18.2 Å². The van der Waals surface area contributed by atoms with Crippen LogP contribution in [0, 0.1) is 5.92 Å². The minimum absolute atomic E-state index is 0.0501. The van der Waals surface area contributed by atoms with Gasteiger partial charge in [-0.25, -0.2) is 40.1 Å². The number of H-pyrrole nitrogens is 1. The van der Waals surface area contributed by atoms with Gasteiger partial charge in [-0.05, 0) is 49.4 Å². The molecule has 1 aromatic carbocycles. The van der Waals surface area contributed by atoms with Gasteiger partial charge in [-0.1, -0.05) is 6.07 Å². The average Bonchev–Trinajstić information content (AvgIpc) is 3.61. The van der Waals surface area contributed by atoms with Gasteiger partial charge in [0.05, 0.1) is 29.7 Å². The molecule has 5 atom stereocenters. The van der Waals surface area contributed by atoms with Crippen LogP contribution in [0.3, 0.4) is 0 Å². The minimum Gasteiger partial charge on any atom is -0.347 e. The first-order valence-corrected chi connectivity index (χ1v) is 13.6. The van der Waals surface area contributed by atoms with Crippen molar-refractivity contribution in [1.29, 1.82) is 0 Å². The molecule has 0 spiro atoms. The van der Waals surface area contributed by atoms with Gasteiger partial charge >= 0.3 is 0 Å². The molecule has 1 aliphatic carbocycles. The van der Waals surface area contributed by atoms with Crippen molar-refractivity contribution in [3.05, 3.63) is 47.5 Å². The zero-order chi connectivity index (χ0) is 31.5. The summed E-state index contributed by atoms with van der Waals surface area (Å²) in [6.07, 6.45) is -10.6. The fourth-order valence-electron chi connectivity index (χ4n) is 4.95. The fourth-order valence-corrected chi connectivity index (χ4v) is 4.95. The van der Waals surface area contributed by atoms with E-state index in [2.05, 4.69) is 25.7 Å². The second kappa shape index (κ2) is 13.3. The molecule has 3 aromatic rings. The van der Waals surface area contributed by atoms with Crippen LogP contribution >= 0.6 is 0 Å². The highest BCUT2D eigenvalue weighted by Gasteiger charge is 2.40. The molecule has 0 bridgehead atoms. The van der Waals surface area contributed by atoms with Crippen molar-refractivity contribution in [2.45, 2.75) is 82.1 Å². The average molecular weight is 623 g/mol. The maximum Gasteiger partial charge on any atom is 0.272 e. The number of aromatic amines is 1. The van der Waals surface area contributed by atoms with Gasteiger partial charge in [-0.3, -0.25) is 14.3 Å². The van der Waals surface area contributed by atoms with E-state index in [9.17, 15) is 44.7 Å². The highest BCUT2D eigenvalue weighted by Crippen LogP contribution is 2.41. The molecule has 16 heteroatoms. The number of aromatic nitrogens is 4. The van der Waals surface area contributed by atoms with Crippen molar-refractivity contribution >= 4 is 22.8 Å².